The largest absolute Gasteiger partial charge is 0.495 e. The fourth-order valence-electron chi connectivity index (χ4n) is 1.74. The molecule has 1 saturated heterocycles. The monoisotopic (exact) mass is 373 g/mol. The van der Waals surface area contributed by atoms with Gasteiger partial charge in [0.1, 0.15) is 11.6 Å². The molecule has 1 aromatic rings. The van der Waals surface area contributed by atoms with E-state index in [4.69, 9.17) is 14.2 Å². The molecule has 0 unspecified atom stereocenters. The van der Waals surface area contributed by atoms with Gasteiger partial charge >= 0.3 is 11.9 Å². The molecule has 0 aliphatic carbocycles. The van der Waals surface area contributed by atoms with Gasteiger partial charge in [0.05, 0.1) is 17.3 Å². The molecule has 8 heteroatoms. The third-order valence-electron chi connectivity index (χ3n) is 2.73. The lowest BCUT2D eigenvalue weighted by Crippen LogP contribution is -2.42. The normalized spacial score (nSPS) is 16.7. The van der Waals surface area contributed by atoms with Crippen LogP contribution in [0.15, 0.2) is 28.4 Å². The minimum atomic E-state index is -1.31. The Hall–Kier alpha value is -2.09. The van der Waals surface area contributed by atoms with Crippen LogP contribution in [0.4, 0.5) is 10.1 Å². The lowest BCUT2D eigenvalue weighted by molar-refractivity contribution is -0.222. The maximum absolute atomic E-state index is 13.6. The summed E-state index contributed by atoms with van der Waals surface area (Å²) in [4.78, 5) is 23.5. The molecule has 0 saturated carbocycles. The highest BCUT2D eigenvalue weighted by Crippen LogP contribution is 2.31. The molecule has 1 aliphatic heterocycles. The first-order valence-electron chi connectivity index (χ1n) is 6.20. The van der Waals surface area contributed by atoms with Crippen LogP contribution in [0, 0.1) is 5.82 Å². The molecule has 1 N–H and O–H groups in total. The first kappa shape index (κ1) is 16.3. The van der Waals surface area contributed by atoms with Crippen LogP contribution in [0.1, 0.15) is 13.8 Å². The van der Waals surface area contributed by atoms with Crippen molar-refractivity contribution in [2.24, 2.45) is 0 Å². The molecule has 1 fully saturated rings. The molecule has 1 heterocycles. The second-order valence-electron chi connectivity index (χ2n) is 4.85. The number of carbonyl (C=O) groups is 2. The Balaban J connectivity index is 2.27. The SMILES string of the molecule is COc1cc(Br)c(F)cc1NC=C1C(=O)OC(C)(C)OC1=O. The van der Waals surface area contributed by atoms with E-state index in [1.807, 2.05) is 0 Å². The van der Waals surface area contributed by atoms with Crippen molar-refractivity contribution < 1.29 is 28.2 Å². The van der Waals surface area contributed by atoms with E-state index in [9.17, 15) is 14.0 Å². The van der Waals surface area contributed by atoms with Crippen molar-refractivity contribution in [2.45, 2.75) is 19.6 Å². The van der Waals surface area contributed by atoms with Crippen molar-refractivity contribution in [1.29, 1.82) is 0 Å². The Labute approximate surface area is 134 Å². The predicted octanol–water partition coefficient (Wildman–Crippen LogP) is 2.73. The van der Waals surface area contributed by atoms with E-state index in [0.29, 0.717) is 5.75 Å². The summed E-state index contributed by atoms with van der Waals surface area (Å²) in [5.41, 5.74) is -0.0918. The first-order chi connectivity index (χ1) is 10.2. The molecule has 0 spiro atoms. The highest BCUT2D eigenvalue weighted by molar-refractivity contribution is 9.10. The molecule has 1 aliphatic rings. The van der Waals surface area contributed by atoms with Gasteiger partial charge in [0.2, 0.25) is 0 Å². The van der Waals surface area contributed by atoms with Crippen LogP contribution in [0.5, 0.6) is 5.75 Å². The van der Waals surface area contributed by atoms with Crippen LogP contribution in [0.3, 0.4) is 0 Å². The van der Waals surface area contributed by atoms with Crippen LogP contribution in [0.2, 0.25) is 0 Å². The summed E-state index contributed by atoms with van der Waals surface area (Å²) in [7, 11) is 1.41. The lowest BCUT2D eigenvalue weighted by Gasteiger charge is -2.29. The molecule has 22 heavy (non-hydrogen) atoms. The zero-order valence-corrected chi connectivity index (χ0v) is 13.6. The van der Waals surface area contributed by atoms with Crippen LogP contribution in [-0.2, 0) is 19.1 Å². The fraction of sp³-hybridized carbons (Fsp3) is 0.286. The third kappa shape index (κ3) is 3.38. The van der Waals surface area contributed by atoms with Crippen LogP contribution < -0.4 is 10.1 Å². The summed E-state index contributed by atoms with van der Waals surface area (Å²) in [5, 5.41) is 2.64. The number of carbonyl (C=O) groups excluding carboxylic acids is 2. The van der Waals surface area contributed by atoms with E-state index in [1.54, 1.807) is 0 Å². The predicted molar refractivity (Wildman–Crippen MR) is 78.6 cm³/mol. The molecule has 118 valence electrons. The smallest absolute Gasteiger partial charge is 0.350 e. The highest BCUT2D eigenvalue weighted by atomic mass is 79.9. The van der Waals surface area contributed by atoms with Gasteiger partial charge in [0, 0.05) is 26.1 Å². The number of ether oxygens (including phenoxy) is 3. The van der Waals surface area contributed by atoms with Crippen molar-refractivity contribution in [3.05, 3.63) is 34.2 Å². The molecule has 1 aromatic carbocycles. The number of methoxy groups -OCH3 is 1. The molecule has 0 amide bonds. The van der Waals surface area contributed by atoms with E-state index < -0.39 is 23.5 Å². The van der Waals surface area contributed by atoms with E-state index in [0.717, 1.165) is 12.3 Å². The van der Waals surface area contributed by atoms with Gasteiger partial charge in [0.25, 0.3) is 5.79 Å². The minimum Gasteiger partial charge on any atom is -0.495 e. The molecule has 6 nitrogen and oxygen atoms in total. The zero-order chi connectivity index (χ0) is 16.5. The van der Waals surface area contributed by atoms with Crippen molar-refractivity contribution in [3.63, 3.8) is 0 Å². The number of cyclic esters (lactones) is 2. The molecular formula is C14H13BrFNO5. The van der Waals surface area contributed by atoms with Gasteiger partial charge in [-0.3, -0.25) is 0 Å². The summed E-state index contributed by atoms with van der Waals surface area (Å²) in [6.45, 7) is 2.89. The summed E-state index contributed by atoms with van der Waals surface area (Å²) >= 11 is 3.03. The summed E-state index contributed by atoms with van der Waals surface area (Å²) in [6.07, 6.45) is 1.09. The Morgan fingerprint density at radius 3 is 2.41 bits per heavy atom. The average Bonchev–Trinajstić information content (AvgIpc) is 2.40. The van der Waals surface area contributed by atoms with E-state index in [1.165, 1.54) is 27.0 Å². The van der Waals surface area contributed by atoms with Crippen LogP contribution in [0.25, 0.3) is 0 Å². The van der Waals surface area contributed by atoms with Crippen LogP contribution >= 0.6 is 15.9 Å². The Morgan fingerprint density at radius 2 is 1.86 bits per heavy atom. The number of benzene rings is 1. The van der Waals surface area contributed by atoms with Crippen molar-refractivity contribution in [3.8, 4) is 5.75 Å². The van der Waals surface area contributed by atoms with Gasteiger partial charge in [-0.2, -0.15) is 0 Å². The Morgan fingerprint density at radius 1 is 1.27 bits per heavy atom. The highest BCUT2D eigenvalue weighted by Gasteiger charge is 2.38. The van der Waals surface area contributed by atoms with E-state index in [2.05, 4.69) is 21.2 Å². The molecule has 2 rings (SSSR count). The van der Waals surface area contributed by atoms with Crippen LogP contribution in [-0.4, -0.2) is 24.8 Å². The Bertz CT molecular complexity index is 649. The summed E-state index contributed by atoms with van der Waals surface area (Å²) < 4.78 is 28.8. The molecule has 0 radical (unpaired) electrons. The topological polar surface area (TPSA) is 73.9 Å². The van der Waals surface area contributed by atoms with E-state index in [-0.39, 0.29) is 15.7 Å². The summed E-state index contributed by atoms with van der Waals surface area (Å²) in [6, 6.07) is 2.57. The van der Waals surface area contributed by atoms with Gasteiger partial charge in [-0.05, 0) is 22.0 Å². The van der Waals surface area contributed by atoms with Gasteiger partial charge in [-0.1, -0.05) is 0 Å². The van der Waals surface area contributed by atoms with Crippen molar-refractivity contribution in [1.82, 2.24) is 0 Å². The molecule has 0 atom stereocenters. The molecule has 0 aromatic heterocycles. The van der Waals surface area contributed by atoms with Gasteiger partial charge in [0.15, 0.2) is 5.57 Å². The zero-order valence-electron chi connectivity index (χ0n) is 12.0. The van der Waals surface area contributed by atoms with Gasteiger partial charge < -0.3 is 19.5 Å². The minimum absolute atomic E-state index is 0.223. The van der Waals surface area contributed by atoms with Gasteiger partial charge in [-0.25, -0.2) is 14.0 Å². The number of nitrogens with one attached hydrogen (secondary N) is 1. The standard InChI is InChI=1S/C14H13BrFNO5/c1-14(2)21-12(18)7(13(19)22-14)6-17-10-5-9(16)8(15)4-11(10)20-3/h4-6,17H,1-3H3. The van der Waals surface area contributed by atoms with Crippen molar-refractivity contribution in [2.75, 3.05) is 12.4 Å². The van der Waals surface area contributed by atoms with E-state index >= 15 is 0 Å². The van der Waals surface area contributed by atoms with Crippen molar-refractivity contribution >= 4 is 33.6 Å². The number of halogens is 2. The number of anilines is 1. The Kier molecular flexibility index (Phi) is 4.41. The quantitative estimate of drug-likeness (QED) is 0.498. The molecule has 0 bridgehead atoms. The first-order valence-corrected chi connectivity index (χ1v) is 6.99. The second-order valence-corrected chi connectivity index (χ2v) is 5.70. The number of rotatable bonds is 3. The number of hydrogen-bond donors (Lipinski definition) is 1. The maximum Gasteiger partial charge on any atom is 0.350 e. The third-order valence-corrected chi connectivity index (χ3v) is 3.34. The number of hydrogen-bond acceptors (Lipinski definition) is 6. The second kappa shape index (κ2) is 5.96. The number of esters is 2. The molecular weight excluding hydrogens is 361 g/mol. The maximum atomic E-state index is 13.6. The average molecular weight is 374 g/mol. The summed E-state index contributed by atoms with van der Waals surface area (Å²) in [5.74, 6) is -3.18. The lowest BCUT2D eigenvalue weighted by atomic mass is 10.2. The van der Waals surface area contributed by atoms with Gasteiger partial charge in [-0.15, -0.1) is 0 Å². The fourth-order valence-corrected chi connectivity index (χ4v) is 2.06.